The molecule has 1 fully saturated rings. The number of likely N-dealkylation sites (N-methyl/N-ethyl adjacent to an activating group) is 1. The summed E-state index contributed by atoms with van der Waals surface area (Å²) in [6, 6.07) is 31.4. The van der Waals surface area contributed by atoms with E-state index in [9.17, 15) is 4.79 Å². The van der Waals surface area contributed by atoms with Crippen molar-refractivity contribution in [3.63, 3.8) is 0 Å². The summed E-state index contributed by atoms with van der Waals surface area (Å²) in [6.45, 7) is 6.96. The molecule has 1 aliphatic heterocycles. The zero-order chi connectivity index (χ0) is 26.2. The molecule has 0 unspecified atom stereocenters. The van der Waals surface area contributed by atoms with Crippen molar-refractivity contribution >= 4 is 17.7 Å². The Hall–Kier alpha value is -3.35. The predicted octanol–water partition coefficient (Wildman–Crippen LogP) is 6.63. The van der Waals surface area contributed by atoms with Crippen molar-refractivity contribution in [3.05, 3.63) is 91.0 Å². The zero-order valence-electron chi connectivity index (χ0n) is 22.1. The number of hydrogen-bond acceptors (Lipinski definition) is 4. The maximum atomic E-state index is 12.7. The second kappa shape index (κ2) is 12.9. The van der Waals surface area contributed by atoms with Crippen LogP contribution in [0.5, 0.6) is 0 Å². The lowest BCUT2D eigenvalue weighted by molar-refractivity contribution is -0.133. The summed E-state index contributed by atoms with van der Waals surface area (Å²) in [5.41, 5.74) is 5.45. The van der Waals surface area contributed by atoms with Crippen molar-refractivity contribution in [2.24, 2.45) is 0 Å². The van der Waals surface area contributed by atoms with Crippen molar-refractivity contribution < 1.29 is 4.79 Å². The van der Waals surface area contributed by atoms with E-state index in [1.165, 1.54) is 0 Å². The van der Waals surface area contributed by atoms with Crippen molar-refractivity contribution in [3.8, 4) is 28.2 Å². The van der Waals surface area contributed by atoms with Gasteiger partial charge in [0.1, 0.15) is 0 Å². The topological polar surface area (TPSA) is 41.4 Å². The van der Waals surface area contributed by atoms with Crippen molar-refractivity contribution in [2.75, 3.05) is 38.5 Å². The molecular formula is C32H36N4OS. The lowest BCUT2D eigenvalue weighted by Gasteiger charge is -2.34. The number of benzene rings is 3. The maximum absolute atomic E-state index is 12.7. The fraction of sp³-hybridized carbons (Fsp3) is 0.312. The Morgan fingerprint density at radius 2 is 1.39 bits per heavy atom. The van der Waals surface area contributed by atoms with E-state index in [0.717, 1.165) is 84.7 Å². The summed E-state index contributed by atoms with van der Waals surface area (Å²) < 4.78 is 2.29. The van der Waals surface area contributed by atoms with Crippen LogP contribution in [0.4, 0.5) is 0 Å². The van der Waals surface area contributed by atoms with Gasteiger partial charge in [0.25, 0.3) is 0 Å². The molecule has 0 spiro atoms. The maximum Gasteiger partial charge on any atom is 0.222 e. The number of imidazole rings is 1. The molecule has 0 N–H and O–H groups in total. The molecule has 2 heterocycles. The number of hydrogen-bond donors (Lipinski definition) is 0. The first kappa shape index (κ1) is 26.3. The number of nitrogens with zero attached hydrogens (tertiary/aromatic N) is 4. The Morgan fingerprint density at radius 1 is 0.789 bits per heavy atom. The number of amides is 1. The molecule has 3 aromatic carbocycles. The quantitative estimate of drug-likeness (QED) is 0.172. The fourth-order valence-electron chi connectivity index (χ4n) is 4.99. The van der Waals surface area contributed by atoms with Crippen LogP contribution < -0.4 is 0 Å². The Bertz CT molecular complexity index is 1300. The van der Waals surface area contributed by atoms with Crippen LogP contribution in [-0.4, -0.2) is 63.7 Å². The van der Waals surface area contributed by atoms with E-state index in [-0.39, 0.29) is 0 Å². The summed E-state index contributed by atoms with van der Waals surface area (Å²) in [5.74, 6) is 1.22. The van der Waals surface area contributed by atoms with Gasteiger partial charge in [-0.25, -0.2) is 4.98 Å². The number of piperazine rings is 1. The highest BCUT2D eigenvalue weighted by atomic mass is 32.2. The smallest absolute Gasteiger partial charge is 0.222 e. The molecule has 1 saturated heterocycles. The van der Waals surface area contributed by atoms with E-state index < -0.39 is 0 Å². The molecule has 6 heteroatoms. The molecular weight excluding hydrogens is 488 g/mol. The molecule has 1 amide bonds. The van der Waals surface area contributed by atoms with Gasteiger partial charge in [-0.2, -0.15) is 0 Å². The van der Waals surface area contributed by atoms with Crippen molar-refractivity contribution in [2.45, 2.75) is 31.3 Å². The number of carbonyl (C=O) groups is 1. The van der Waals surface area contributed by atoms with Gasteiger partial charge in [0.2, 0.25) is 5.91 Å². The summed E-state index contributed by atoms with van der Waals surface area (Å²) >= 11 is 1.78. The summed E-state index contributed by atoms with van der Waals surface area (Å²) in [5, 5.41) is 0.982. The Kier molecular flexibility index (Phi) is 8.94. The number of carbonyl (C=O) groups excluding carboxylic acids is 1. The summed E-state index contributed by atoms with van der Waals surface area (Å²) in [6.07, 6.45) is 2.52. The van der Waals surface area contributed by atoms with Gasteiger partial charge in [-0.15, -0.1) is 0 Å². The largest absolute Gasteiger partial charge is 0.340 e. The molecule has 1 aromatic heterocycles. The normalized spacial score (nSPS) is 14.1. The Labute approximate surface area is 230 Å². The molecule has 38 heavy (non-hydrogen) atoms. The van der Waals surface area contributed by atoms with Gasteiger partial charge >= 0.3 is 0 Å². The van der Waals surface area contributed by atoms with Gasteiger partial charge < -0.3 is 9.80 Å². The first-order chi connectivity index (χ1) is 18.7. The van der Waals surface area contributed by atoms with Crippen LogP contribution >= 0.6 is 11.8 Å². The van der Waals surface area contributed by atoms with E-state index in [1.54, 1.807) is 11.8 Å². The Balaban J connectivity index is 1.34. The molecule has 1 aliphatic rings. The van der Waals surface area contributed by atoms with Gasteiger partial charge in [0.15, 0.2) is 5.16 Å². The van der Waals surface area contributed by atoms with Gasteiger partial charge in [-0.3, -0.25) is 9.36 Å². The third-order valence-corrected chi connectivity index (χ3v) is 8.17. The zero-order valence-corrected chi connectivity index (χ0v) is 22.9. The summed E-state index contributed by atoms with van der Waals surface area (Å²) in [4.78, 5) is 22.4. The molecule has 4 aromatic rings. The monoisotopic (exact) mass is 524 g/mol. The van der Waals surface area contributed by atoms with Crippen molar-refractivity contribution in [1.82, 2.24) is 19.4 Å². The standard InChI is InChI=1S/C32H36N4OS/c1-2-34-21-23-35(24-22-34)29(37)20-12-13-25-38-32-33-30(26-14-6-3-7-15-26)31(27-16-8-4-9-17-27)36(32)28-18-10-5-11-19-28/h3-11,14-19H,2,12-13,20-25H2,1H3. The van der Waals surface area contributed by atoms with Crippen molar-refractivity contribution in [1.29, 1.82) is 0 Å². The van der Waals surface area contributed by atoms with E-state index in [0.29, 0.717) is 12.3 Å². The van der Waals surface area contributed by atoms with Crippen LogP contribution in [0.2, 0.25) is 0 Å². The van der Waals surface area contributed by atoms with E-state index in [2.05, 4.69) is 95.3 Å². The van der Waals surface area contributed by atoms with Gasteiger partial charge in [-0.05, 0) is 31.5 Å². The molecule has 5 rings (SSSR count). The molecule has 0 radical (unpaired) electrons. The third kappa shape index (κ3) is 6.20. The number of aromatic nitrogens is 2. The molecule has 196 valence electrons. The predicted molar refractivity (Wildman–Crippen MR) is 158 cm³/mol. The first-order valence-corrected chi connectivity index (χ1v) is 14.6. The average molecular weight is 525 g/mol. The third-order valence-electron chi connectivity index (χ3n) is 7.14. The van der Waals surface area contributed by atoms with Crippen LogP contribution in [0.25, 0.3) is 28.2 Å². The average Bonchev–Trinajstić information content (AvgIpc) is 3.37. The van der Waals surface area contributed by atoms with E-state index in [4.69, 9.17) is 4.98 Å². The highest BCUT2D eigenvalue weighted by molar-refractivity contribution is 7.99. The fourth-order valence-corrected chi connectivity index (χ4v) is 6.00. The lowest BCUT2D eigenvalue weighted by atomic mass is 10.0. The highest BCUT2D eigenvalue weighted by Crippen LogP contribution is 2.38. The molecule has 0 atom stereocenters. The van der Waals surface area contributed by atoms with Crippen LogP contribution in [0.3, 0.4) is 0 Å². The lowest BCUT2D eigenvalue weighted by Crippen LogP contribution is -2.48. The van der Waals surface area contributed by atoms with E-state index >= 15 is 0 Å². The van der Waals surface area contributed by atoms with Gasteiger partial charge in [-0.1, -0.05) is 97.5 Å². The molecule has 0 bridgehead atoms. The van der Waals surface area contributed by atoms with Crippen LogP contribution in [0, 0.1) is 0 Å². The highest BCUT2D eigenvalue weighted by Gasteiger charge is 2.22. The second-order valence-electron chi connectivity index (χ2n) is 9.62. The van der Waals surface area contributed by atoms with Gasteiger partial charge in [0, 0.05) is 55.2 Å². The second-order valence-corrected chi connectivity index (χ2v) is 10.7. The SMILES string of the molecule is CCN1CCN(C(=O)CCCCSc2nc(-c3ccccc3)c(-c3ccccc3)n2-c2ccccc2)CC1. The van der Waals surface area contributed by atoms with E-state index in [1.807, 2.05) is 17.0 Å². The van der Waals surface area contributed by atoms with Crippen LogP contribution in [0.1, 0.15) is 26.2 Å². The minimum Gasteiger partial charge on any atom is -0.340 e. The van der Waals surface area contributed by atoms with Gasteiger partial charge in [0.05, 0.1) is 11.4 Å². The number of para-hydroxylation sites is 1. The number of unbranched alkanes of at least 4 members (excludes halogenated alkanes) is 1. The minimum absolute atomic E-state index is 0.300. The molecule has 0 aliphatic carbocycles. The van der Waals surface area contributed by atoms with Crippen LogP contribution in [-0.2, 0) is 4.79 Å². The number of rotatable bonds is 10. The first-order valence-electron chi connectivity index (χ1n) is 13.7. The molecule has 0 saturated carbocycles. The minimum atomic E-state index is 0.300. The Morgan fingerprint density at radius 3 is 2.03 bits per heavy atom. The molecule has 5 nitrogen and oxygen atoms in total. The number of thioether (sulfide) groups is 1. The van der Waals surface area contributed by atoms with Crippen LogP contribution in [0.15, 0.2) is 96.2 Å². The summed E-state index contributed by atoms with van der Waals surface area (Å²) in [7, 11) is 0.